The summed E-state index contributed by atoms with van der Waals surface area (Å²) in [6.45, 7) is 13.9. The first-order chi connectivity index (χ1) is 12.5. The van der Waals surface area contributed by atoms with E-state index in [9.17, 15) is 4.79 Å². The van der Waals surface area contributed by atoms with Crippen LogP contribution in [0, 0.1) is 0 Å². The molecule has 27 heavy (non-hydrogen) atoms. The van der Waals surface area contributed by atoms with Crippen LogP contribution in [0.15, 0.2) is 46.2 Å². The zero-order valence-corrected chi connectivity index (χ0v) is 18.0. The largest absolute Gasteiger partial charge is 0.478 e. The Balaban J connectivity index is 2.08. The van der Waals surface area contributed by atoms with Crippen molar-refractivity contribution in [2.45, 2.75) is 80.9 Å². The second kappa shape index (κ2) is 7.01. The van der Waals surface area contributed by atoms with Gasteiger partial charge in [0.25, 0.3) is 0 Å². The number of rotatable bonds is 4. The van der Waals surface area contributed by atoms with Gasteiger partial charge >= 0.3 is 5.97 Å². The molecule has 2 aromatic rings. The molecule has 0 aromatic heterocycles. The van der Waals surface area contributed by atoms with Crippen LogP contribution in [0.3, 0.4) is 0 Å². The molecule has 1 aliphatic carbocycles. The van der Waals surface area contributed by atoms with Crippen molar-refractivity contribution in [3.8, 4) is 0 Å². The predicted octanol–water partition coefficient (Wildman–Crippen LogP) is 7.01. The van der Waals surface area contributed by atoms with E-state index in [-0.39, 0.29) is 10.8 Å². The Morgan fingerprint density at radius 3 is 1.96 bits per heavy atom. The van der Waals surface area contributed by atoms with E-state index >= 15 is 0 Å². The third-order valence-electron chi connectivity index (χ3n) is 5.93. The van der Waals surface area contributed by atoms with E-state index in [2.05, 4.69) is 53.7 Å². The molecular formula is C24H30O2S. The van der Waals surface area contributed by atoms with Crippen molar-refractivity contribution in [1.82, 2.24) is 0 Å². The summed E-state index contributed by atoms with van der Waals surface area (Å²) in [5.41, 5.74) is 5.06. The molecule has 0 bridgehead atoms. The molecule has 144 valence electrons. The second-order valence-corrected chi connectivity index (χ2v) is 10.4. The van der Waals surface area contributed by atoms with E-state index < -0.39 is 5.97 Å². The lowest BCUT2D eigenvalue weighted by Gasteiger charge is -2.42. The van der Waals surface area contributed by atoms with E-state index in [0.29, 0.717) is 11.5 Å². The van der Waals surface area contributed by atoms with E-state index in [1.165, 1.54) is 34.4 Å². The average molecular weight is 383 g/mol. The van der Waals surface area contributed by atoms with Crippen LogP contribution >= 0.6 is 11.8 Å². The van der Waals surface area contributed by atoms with Gasteiger partial charge in [0.15, 0.2) is 0 Å². The summed E-state index contributed by atoms with van der Waals surface area (Å²) < 4.78 is 0. The van der Waals surface area contributed by atoms with Crippen LogP contribution in [-0.2, 0) is 10.8 Å². The highest BCUT2D eigenvalue weighted by molar-refractivity contribution is 7.99. The van der Waals surface area contributed by atoms with E-state index in [1.54, 1.807) is 23.9 Å². The summed E-state index contributed by atoms with van der Waals surface area (Å²) >= 11 is 1.74. The third-order valence-corrected chi connectivity index (χ3v) is 7.02. The molecule has 2 aromatic carbocycles. The van der Waals surface area contributed by atoms with Gasteiger partial charge in [0.05, 0.1) is 5.56 Å². The Kier molecular flexibility index (Phi) is 5.20. The van der Waals surface area contributed by atoms with Crippen LogP contribution < -0.4 is 0 Å². The number of hydrogen-bond donors (Lipinski definition) is 1. The number of carboxylic acids is 1. The number of hydrogen-bond acceptors (Lipinski definition) is 2. The molecule has 1 aliphatic rings. The Morgan fingerprint density at radius 2 is 1.48 bits per heavy atom. The standard InChI is InChI=1S/C24H30O2S/c1-15(2)18-13-19-20(24(5,6)12-11-23(19,3)4)14-21(18)27-17-9-7-16(8-10-17)22(25)26/h7-10,13-15H,11-12H2,1-6H3,(H,25,26). The third kappa shape index (κ3) is 3.94. The lowest BCUT2D eigenvalue weighted by molar-refractivity contribution is 0.0697. The second-order valence-electron chi connectivity index (χ2n) is 9.29. The minimum Gasteiger partial charge on any atom is -0.478 e. The zero-order chi connectivity index (χ0) is 20.0. The smallest absolute Gasteiger partial charge is 0.335 e. The molecule has 0 radical (unpaired) electrons. The summed E-state index contributed by atoms with van der Waals surface area (Å²) in [5.74, 6) is -0.441. The Labute approximate surface area is 167 Å². The van der Waals surface area contributed by atoms with Gasteiger partial charge in [0.2, 0.25) is 0 Å². The average Bonchev–Trinajstić information content (AvgIpc) is 2.59. The monoisotopic (exact) mass is 382 g/mol. The quantitative estimate of drug-likeness (QED) is 0.618. The fraction of sp³-hybridized carbons (Fsp3) is 0.458. The van der Waals surface area contributed by atoms with Gasteiger partial charge in [-0.1, -0.05) is 59.4 Å². The number of carbonyl (C=O) groups is 1. The molecule has 0 aliphatic heterocycles. The van der Waals surface area contributed by atoms with Crippen molar-refractivity contribution in [3.05, 3.63) is 58.7 Å². The molecule has 0 fully saturated rings. The number of carboxylic acid groups (broad SMARTS) is 1. The fourth-order valence-corrected chi connectivity index (χ4v) is 5.06. The van der Waals surface area contributed by atoms with Crippen LogP contribution in [0.5, 0.6) is 0 Å². The van der Waals surface area contributed by atoms with Crippen LogP contribution in [0.25, 0.3) is 0 Å². The van der Waals surface area contributed by atoms with Crippen LogP contribution in [0.4, 0.5) is 0 Å². The molecule has 0 amide bonds. The molecule has 0 saturated heterocycles. The molecule has 0 saturated carbocycles. The molecule has 3 heteroatoms. The number of fused-ring (bicyclic) bond motifs is 1. The van der Waals surface area contributed by atoms with Crippen LogP contribution in [-0.4, -0.2) is 11.1 Å². The number of aromatic carboxylic acids is 1. The van der Waals surface area contributed by atoms with E-state index in [1.807, 2.05) is 12.1 Å². The summed E-state index contributed by atoms with van der Waals surface area (Å²) in [7, 11) is 0. The number of benzene rings is 2. The fourth-order valence-electron chi connectivity index (χ4n) is 3.94. The minimum absolute atomic E-state index is 0.183. The summed E-state index contributed by atoms with van der Waals surface area (Å²) in [5, 5.41) is 9.11. The molecule has 0 atom stereocenters. The summed E-state index contributed by atoms with van der Waals surface area (Å²) in [4.78, 5) is 13.5. The SMILES string of the molecule is CC(C)c1cc2c(cc1Sc1ccc(C(=O)O)cc1)C(C)(C)CCC2(C)C. The highest BCUT2D eigenvalue weighted by atomic mass is 32.2. The molecule has 2 nitrogen and oxygen atoms in total. The lowest BCUT2D eigenvalue weighted by Crippen LogP contribution is -2.34. The topological polar surface area (TPSA) is 37.3 Å². The molecule has 0 heterocycles. The Hall–Kier alpha value is -1.74. The van der Waals surface area contributed by atoms with Crippen molar-refractivity contribution in [3.63, 3.8) is 0 Å². The van der Waals surface area contributed by atoms with E-state index in [4.69, 9.17) is 5.11 Å². The summed E-state index contributed by atoms with van der Waals surface area (Å²) in [6, 6.07) is 12.0. The maximum absolute atomic E-state index is 11.1. The van der Waals surface area contributed by atoms with Gasteiger partial charge in [-0.15, -0.1) is 0 Å². The van der Waals surface area contributed by atoms with Gasteiger partial charge in [-0.2, -0.15) is 0 Å². The maximum Gasteiger partial charge on any atom is 0.335 e. The van der Waals surface area contributed by atoms with Gasteiger partial charge in [-0.05, 0) is 76.6 Å². The maximum atomic E-state index is 11.1. The first-order valence-electron chi connectivity index (χ1n) is 9.71. The van der Waals surface area contributed by atoms with Crippen LogP contribution in [0.2, 0.25) is 0 Å². The summed E-state index contributed by atoms with van der Waals surface area (Å²) in [6.07, 6.45) is 2.42. The predicted molar refractivity (Wildman–Crippen MR) is 113 cm³/mol. The Bertz CT molecular complexity index is 861. The van der Waals surface area contributed by atoms with Gasteiger partial charge in [-0.3, -0.25) is 0 Å². The minimum atomic E-state index is -0.882. The molecular weight excluding hydrogens is 352 g/mol. The van der Waals surface area contributed by atoms with Crippen molar-refractivity contribution in [2.24, 2.45) is 0 Å². The first kappa shape index (κ1) is 20.0. The Morgan fingerprint density at radius 1 is 0.963 bits per heavy atom. The highest BCUT2D eigenvalue weighted by Crippen LogP contribution is 2.49. The molecule has 3 rings (SSSR count). The van der Waals surface area contributed by atoms with Crippen molar-refractivity contribution >= 4 is 17.7 Å². The van der Waals surface area contributed by atoms with Crippen molar-refractivity contribution in [2.75, 3.05) is 0 Å². The molecule has 0 spiro atoms. The van der Waals surface area contributed by atoms with Crippen molar-refractivity contribution in [1.29, 1.82) is 0 Å². The van der Waals surface area contributed by atoms with Gasteiger partial charge in [0, 0.05) is 9.79 Å². The molecule has 0 unspecified atom stereocenters. The van der Waals surface area contributed by atoms with Gasteiger partial charge < -0.3 is 5.11 Å². The highest BCUT2D eigenvalue weighted by Gasteiger charge is 2.37. The van der Waals surface area contributed by atoms with E-state index in [0.717, 1.165) is 4.90 Å². The molecule has 1 N–H and O–H groups in total. The van der Waals surface area contributed by atoms with Gasteiger partial charge in [0.1, 0.15) is 0 Å². The van der Waals surface area contributed by atoms with Crippen LogP contribution in [0.1, 0.15) is 87.4 Å². The zero-order valence-electron chi connectivity index (χ0n) is 17.2. The normalized spacial score (nSPS) is 17.6. The first-order valence-corrected chi connectivity index (χ1v) is 10.5. The van der Waals surface area contributed by atoms with Crippen molar-refractivity contribution < 1.29 is 9.90 Å². The lowest BCUT2D eigenvalue weighted by atomic mass is 9.62. The van der Waals surface area contributed by atoms with Gasteiger partial charge in [-0.25, -0.2) is 4.79 Å².